The summed E-state index contributed by atoms with van der Waals surface area (Å²) in [6, 6.07) is 0. The molecule has 0 aromatic rings. The fourth-order valence-electron chi connectivity index (χ4n) is 0.526. The number of carbonyl (C=O) groups excluding carboxylic acids is 1. The van der Waals surface area contributed by atoms with Crippen LogP contribution < -0.4 is 0 Å². The molecule has 0 radical (unpaired) electrons. The van der Waals surface area contributed by atoms with Gasteiger partial charge in [0.1, 0.15) is 0 Å². The summed E-state index contributed by atoms with van der Waals surface area (Å²) in [7, 11) is 0. The minimum atomic E-state index is -0.353. The molecule has 0 unspecified atom stereocenters. The maximum absolute atomic E-state index is 11.1. The zero-order chi connectivity index (χ0) is 8.91. The summed E-state index contributed by atoms with van der Waals surface area (Å²) in [5.41, 5.74) is -0.353. The molecule has 0 aliphatic heterocycles. The highest BCUT2D eigenvalue weighted by molar-refractivity contribution is 5.75. The van der Waals surface area contributed by atoms with Gasteiger partial charge in [0, 0.05) is 0 Å². The Bertz CT molecular complexity index is 122. The lowest BCUT2D eigenvalue weighted by molar-refractivity contribution is -0.153. The Balaban J connectivity index is 3.54. The highest BCUT2D eigenvalue weighted by atomic mass is 16.5. The van der Waals surface area contributed by atoms with Gasteiger partial charge in [0.2, 0.25) is 0 Å². The summed E-state index contributed by atoms with van der Waals surface area (Å²) >= 11 is 0. The van der Waals surface area contributed by atoms with E-state index in [2.05, 4.69) is 6.92 Å². The Morgan fingerprint density at radius 2 is 1.91 bits per heavy atom. The summed E-state index contributed by atoms with van der Waals surface area (Å²) in [5, 5.41) is 0. The van der Waals surface area contributed by atoms with Crippen LogP contribution in [0.1, 0.15) is 40.5 Å². The lowest BCUT2D eigenvalue weighted by Crippen LogP contribution is -2.23. The van der Waals surface area contributed by atoms with Crippen molar-refractivity contribution in [1.29, 1.82) is 0 Å². The molecule has 0 aromatic carbocycles. The number of esters is 1. The molecule has 0 bridgehead atoms. The van der Waals surface area contributed by atoms with E-state index in [9.17, 15) is 4.79 Å². The summed E-state index contributed by atoms with van der Waals surface area (Å²) < 4.78 is 5.01. The van der Waals surface area contributed by atoms with E-state index in [4.69, 9.17) is 4.74 Å². The fourth-order valence-corrected chi connectivity index (χ4v) is 0.526. The molecule has 2 heteroatoms. The SMILES string of the molecule is CCCCOC(=O)C(C)(C)C. The van der Waals surface area contributed by atoms with E-state index in [1.54, 1.807) is 0 Å². The van der Waals surface area contributed by atoms with Crippen LogP contribution in [0.3, 0.4) is 0 Å². The molecule has 0 spiro atoms. The van der Waals surface area contributed by atoms with Crippen LogP contribution in [0.25, 0.3) is 0 Å². The Hall–Kier alpha value is -0.530. The predicted octanol–water partition coefficient (Wildman–Crippen LogP) is 2.38. The van der Waals surface area contributed by atoms with Crippen LogP contribution in [0.15, 0.2) is 0 Å². The number of rotatable bonds is 3. The number of carbonyl (C=O) groups is 1. The van der Waals surface area contributed by atoms with Crippen LogP contribution in [-0.2, 0) is 9.53 Å². The van der Waals surface area contributed by atoms with Crippen molar-refractivity contribution in [1.82, 2.24) is 0 Å². The van der Waals surface area contributed by atoms with Crippen LogP contribution in [0, 0.1) is 5.41 Å². The van der Waals surface area contributed by atoms with Gasteiger partial charge in [-0.15, -0.1) is 0 Å². The van der Waals surface area contributed by atoms with E-state index in [0.29, 0.717) is 6.61 Å². The molecular weight excluding hydrogens is 140 g/mol. The van der Waals surface area contributed by atoms with Gasteiger partial charge in [0.15, 0.2) is 0 Å². The summed E-state index contributed by atoms with van der Waals surface area (Å²) in [6.07, 6.45) is 2.03. The van der Waals surface area contributed by atoms with Gasteiger partial charge in [-0.05, 0) is 27.2 Å². The minimum Gasteiger partial charge on any atom is -0.465 e. The Morgan fingerprint density at radius 1 is 1.36 bits per heavy atom. The zero-order valence-electron chi connectivity index (χ0n) is 7.94. The average Bonchev–Trinajstić information content (AvgIpc) is 1.86. The number of hydrogen-bond donors (Lipinski definition) is 0. The van der Waals surface area contributed by atoms with Gasteiger partial charge in [0.25, 0.3) is 0 Å². The topological polar surface area (TPSA) is 26.3 Å². The van der Waals surface area contributed by atoms with Crippen molar-refractivity contribution < 1.29 is 9.53 Å². The first kappa shape index (κ1) is 10.5. The van der Waals surface area contributed by atoms with Crippen molar-refractivity contribution in [2.24, 2.45) is 5.41 Å². The van der Waals surface area contributed by atoms with Crippen LogP contribution >= 0.6 is 0 Å². The Labute approximate surface area is 68.9 Å². The summed E-state index contributed by atoms with van der Waals surface area (Å²) in [4.78, 5) is 11.1. The zero-order valence-corrected chi connectivity index (χ0v) is 7.94. The average molecular weight is 158 g/mol. The molecule has 0 atom stereocenters. The molecular formula is C9H18O2. The van der Waals surface area contributed by atoms with Crippen molar-refractivity contribution >= 4 is 5.97 Å². The molecule has 0 saturated carbocycles. The quantitative estimate of drug-likeness (QED) is 0.465. The molecule has 0 aliphatic rings. The molecule has 0 saturated heterocycles. The van der Waals surface area contributed by atoms with Gasteiger partial charge in [-0.1, -0.05) is 13.3 Å². The number of ether oxygens (including phenoxy) is 1. The van der Waals surface area contributed by atoms with Gasteiger partial charge in [-0.25, -0.2) is 0 Å². The third-order valence-electron chi connectivity index (χ3n) is 1.34. The summed E-state index contributed by atoms with van der Waals surface area (Å²) in [6.45, 7) is 8.22. The van der Waals surface area contributed by atoms with Crippen molar-refractivity contribution in [3.05, 3.63) is 0 Å². The Kier molecular flexibility index (Phi) is 4.16. The monoisotopic (exact) mass is 158 g/mol. The third kappa shape index (κ3) is 4.82. The molecule has 11 heavy (non-hydrogen) atoms. The first-order valence-corrected chi connectivity index (χ1v) is 4.15. The second-order valence-electron chi connectivity index (χ2n) is 3.74. The summed E-state index contributed by atoms with van der Waals surface area (Å²) in [5.74, 6) is -0.106. The van der Waals surface area contributed by atoms with Crippen LogP contribution in [-0.4, -0.2) is 12.6 Å². The molecule has 66 valence electrons. The lowest BCUT2D eigenvalue weighted by Gasteiger charge is -2.15. The van der Waals surface area contributed by atoms with Crippen LogP contribution in [0.4, 0.5) is 0 Å². The van der Waals surface area contributed by atoms with Gasteiger partial charge in [-0.2, -0.15) is 0 Å². The van der Waals surface area contributed by atoms with Gasteiger partial charge in [0.05, 0.1) is 12.0 Å². The van der Waals surface area contributed by atoms with E-state index in [1.807, 2.05) is 20.8 Å². The molecule has 0 heterocycles. The molecule has 2 nitrogen and oxygen atoms in total. The van der Waals surface area contributed by atoms with E-state index >= 15 is 0 Å². The highest BCUT2D eigenvalue weighted by Crippen LogP contribution is 2.15. The van der Waals surface area contributed by atoms with E-state index < -0.39 is 0 Å². The second kappa shape index (κ2) is 4.37. The maximum Gasteiger partial charge on any atom is 0.311 e. The molecule has 0 aromatic heterocycles. The molecule has 0 fully saturated rings. The van der Waals surface area contributed by atoms with Crippen LogP contribution in [0.2, 0.25) is 0 Å². The lowest BCUT2D eigenvalue weighted by atomic mass is 9.97. The van der Waals surface area contributed by atoms with Gasteiger partial charge >= 0.3 is 5.97 Å². The largest absolute Gasteiger partial charge is 0.465 e. The van der Waals surface area contributed by atoms with E-state index in [1.165, 1.54) is 0 Å². The first-order chi connectivity index (χ1) is 4.98. The third-order valence-corrected chi connectivity index (χ3v) is 1.34. The van der Waals surface area contributed by atoms with Gasteiger partial charge in [-0.3, -0.25) is 4.79 Å². The standard InChI is InChI=1S/C9H18O2/c1-5-6-7-11-8(10)9(2,3)4/h5-7H2,1-4H3. The molecule has 0 amide bonds. The number of hydrogen-bond acceptors (Lipinski definition) is 2. The first-order valence-electron chi connectivity index (χ1n) is 4.15. The van der Waals surface area contributed by atoms with E-state index in [0.717, 1.165) is 12.8 Å². The van der Waals surface area contributed by atoms with E-state index in [-0.39, 0.29) is 11.4 Å². The van der Waals surface area contributed by atoms with Crippen molar-refractivity contribution in [2.75, 3.05) is 6.61 Å². The maximum atomic E-state index is 11.1. The molecule has 0 N–H and O–H groups in total. The van der Waals surface area contributed by atoms with Crippen LogP contribution in [0.5, 0.6) is 0 Å². The molecule has 0 aliphatic carbocycles. The Morgan fingerprint density at radius 3 is 2.27 bits per heavy atom. The minimum absolute atomic E-state index is 0.106. The molecule has 0 rings (SSSR count). The van der Waals surface area contributed by atoms with Crippen molar-refractivity contribution in [3.63, 3.8) is 0 Å². The highest BCUT2D eigenvalue weighted by Gasteiger charge is 2.22. The normalized spacial score (nSPS) is 11.3. The predicted molar refractivity (Wildman–Crippen MR) is 45.3 cm³/mol. The van der Waals surface area contributed by atoms with Gasteiger partial charge < -0.3 is 4.74 Å². The number of unbranched alkanes of at least 4 members (excludes halogenated alkanes) is 1. The fraction of sp³-hybridized carbons (Fsp3) is 0.889. The smallest absolute Gasteiger partial charge is 0.311 e. The second-order valence-corrected chi connectivity index (χ2v) is 3.74. The van der Waals surface area contributed by atoms with Crippen molar-refractivity contribution in [2.45, 2.75) is 40.5 Å². The van der Waals surface area contributed by atoms with Crippen molar-refractivity contribution in [3.8, 4) is 0 Å².